The molecule has 0 aromatic rings. The first-order valence-electron chi connectivity index (χ1n) is 11.9. The molecule has 0 saturated carbocycles. The highest BCUT2D eigenvalue weighted by Gasteiger charge is 2.30. The minimum atomic E-state index is -1.18. The summed E-state index contributed by atoms with van der Waals surface area (Å²) in [6, 6.07) is -4.37. The summed E-state index contributed by atoms with van der Waals surface area (Å²) in [5.41, 5.74) is 0. The number of carbonyl (C=O) groups excluding carboxylic acids is 4. The van der Waals surface area contributed by atoms with Gasteiger partial charge in [-0.2, -0.15) is 0 Å². The Morgan fingerprint density at radius 3 is 2.11 bits per heavy atom. The van der Waals surface area contributed by atoms with Crippen LogP contribution in [0.25, 0.3) is 0 Å². The maximum atomic E-state index is 13.1. The van der Waals surface area contributed by atoms with Crippen LogP contribution in [0, 0.1) is 17.8 Å². The first-order chi connectivity index (χ1) is 16.3. The van der Waals surface area contributed by atoms with Crippen molar-refractivity contribution in [2.45, 2.75) is 72.1 Å². The SMILES string of the molecule is CC(C)[C@H](NC(=O)N[C@@H](C(=O)O)C(C)C)C(=O)NC1/C=C\CCNC(=O)/C=C/[C@H](C(C)C)NC1=O. The molecule has 0 bridgehead atoms. The van der Waals surface area contributed by atoms with Gasteiger partial charge in [0.1, 0.15) is 18.1 Å². The summed E-state index contributed by atoms with van der Waals surface area (Å²) >= 11 is 0. The van der Waals surface area contributed by atoms with Crippen molar-refractivity contribution in [3.63, 3.8) is 0 Å². The fourth-order valence-corrected chi connectivity index (χ4v) is 3.27. The van der Waals surface area contributed by atoms with Gasteiger partial charge in [0.25, 0.3) is 0 Å². The summed E-state index contributed by atoms with van der Waals surface area (Å²) in [5.74, 6) is -3.20. The zero-order chi connectivity index (χ0) is 26.7. The van der Waals surface area contributed by atoms with Gasteiger partial charge in [-0.3, -0.25) is 14.4 Å². The van der Waals surface area contributed by atoms with E-state index in [9.17, 15) is 29.1 Å². The van der Waals surface area contributed by atoms with E-state index in [1.165, 1.54) is 6.08 Å². The van der Waals surface area contributed by atoms with Gasteiger partial charge >= 0.3 is 12.0 Å². The third kappa shape index (κ3) is 10.2. The molecule has 0 aromatic carbocycles. The van der Waals surface area contributed by atoms with Gasteiger partial charge in [-0.15, -0.1) is 0 Å². The van der Waals surface area contributed by atoms with Gasteiger partial charge in [0, 0.05) is 18.7 Å². The third-order valence-electron chi connectivity index (χ3n) is 5.46. The number of hydrogen-bond donors (Lipinski definition) is 6. The number of carboxylic acid groups (broad SMARTS) is 1. The van der Waals surface area contributed by atoms with Crippen molar-refractivity contribution < 1.29 is 29.1 Å². The van der Waals surface area contributed by atoms with Crippen molar-refractivity contribution in [3.05, 3.63) is 24.3 Å². The summed E-state index contributed by atoms with van der Waals surface area (Å²) in [4.78, 5) is 61.7. The number of amides is 5. The number of rotatable bonds is 8. The smallest absolute Gasteiger partial charge is 0.326 e. The van der Waals surface area contributed by atoms with Crippen LogP contribution in [-0.4, -0.2) is 65.5 Å². The lowest BCUT2D eigenvalue weighted by atomic mass is 10.0. The lowest BCUT2D eigenvalue weighted by Gasteiger charge is -2.27. The molecule has 1 aliphatic rings. The fraction of sp³-hybridized carbons (Fsp3) is 0.625. The molecule has 1 rings (SSSR count). The van der Waals surface area contributed by atoms with Crippen molar-refractivity contribution in [1.82, 2.24) is 26.6 Å². The highest BCUT2D eigenvalue weighted by Crippen LogP contribution is 2.08. The molecule has 0 saturated heterocycles. The lowest BCUT2D eigenvalue weighted by molar-refractivity contribution is -0.140. The first-order valence-corrected chi connectivity index (χ1v) is 11.9. The molecule has 35 heavy (non-hydrogen) atoms. The minimum absolute atomic E-state index is 0.0109. The number of carboxylic acids is 1. The lowest BCUT2D eigenvalue weighted by Crippen LogP contribution is -2.58. The fourth-order valence-electron chi connectivity index (χ4n) is 3.27. The van der Waals surface area contributed by atoms with Crippen LogP contribution in [0.3, 0.4) is 0 Å². The Labute approximate surface area is 206 Å². The van der Waals surface area contributed by atoms with Crippen LogP contribution in [-0.2, 0) is 19.2 Å². The highest BCUT2D eigenvalue weighted by atomic mass is 16.4. The molecule has 0 fully saturated rings. The molecule has 5 amide bonds. The van der Waals surface area contributed by atoms with Crippen molar-refractivity contribution in [1.29, 1.82) is 0 Å². The third-order valence-corrected chi connectivity index (χ3v) is 5.46. The Balaban J connectivity index is 3.01. The summed E-state index contributed by atoms with van der Waals surface area (Å²) in [5, 5.41) is 22.4. The molecule has 0 aromatic heterocycles. The van der Waals surface area contributed by atoms with Gasteiger partial charge in [0.15, 0.2) is 0 Å². The summed E-state index contributed by atoms with van der Waals surface area (Å²) < 4.78 is 0. The second-order valence-electron chi connectivity index (χ2n) is 9.53. The van der Waals surface area contributed by atoms with E-state index in [1.807, 2.05) is 13.8 Å². The van der Waals surface area contributed by atoms with Gasteiger partial charge in [-0.25, -0.2) is 9.59 Å². The van der Waals surface area contributed by atoms with Crippen molar-refractivity contribution in [2.75, 3.05) is 6.54 Å². The van der Waals surface area contributed by atoms with Crippen molar-refractivity contribution in [2.24, 2.45) is 17.8 Å². The van der Waals surface area contributed by atoms with E-state index in [2.05, 4.69) is 26.6 Å². The maximum Gasteiger partial charge on any atom is 0.326 e. The maximum absolute atomic E-state index is 13.1. The molecule has 4 atom stereocenters. The second-order valence-corrected chi connectivity index (χ2v) is 9.53. The van der Waals surface area contributed by atoms with Crippen LogP contribution >= 0.6 is 0 Å². The Morgan fingerprint density at radius 1 is 0.971 bits per heavy atom. The van der Waals surface area contributed by atoms with E-state index in [0.717, 1.165) is 0 Å². The van der Waals surface area contributed by atoms with E-state index >= 15 is 0 Å². The predicted octanol–water partition coefficient (Wildman–Crippen LogP) is 0.677. The molecular formula is C24H39N5O6. The minimum Gasteiger partial charge on any atom is -0.480 e. The molecule has 0 spiro atoms. The predicted molar refractivity (Wildman–Crippen MR) is 131 cm³/mol. The molecule has 11 nitrogen and oxygen atoms in total. The average Bonchev–Trinajstić information content (AvgIpc) is 2.75. The van der Waals surface area contributed by atoms with Crippen LogP contribution in [0.15, 0.2) is 24.3 Å². The molecule has 1 heterocycles. The number of aliphatic carboxylic acids is 1. The van der Waals surface area contributed by atoms with E-state index in [0.29, 0.717) is 13.0 Å². The quantitative estimate of drug-likeness (QED) is 0.272. The Kier molecular flexibility index (Phi) is 12.0. The molecule has 6 N–H and O–H groups in total. The Morgan fingerprint density at radius 2 is 1.57 bits per heavy atom. The van der Waals surface area contributed by atoms with Crippen LogP contribution in [0.4, 0.5) is 4.79 Å². The van der Waals surface area contributed by atoms with E-state index in [4.69, 9.17) is 0 Å². The van der Waals surface area contributed by atoms with Crippen LogP contribution in [0.5, 0.6) is 0 Å². The zero-order valence-corrected chi connectivity index (χ0v) is 21.3. The molecule has 11 heteroatoms. The molecule has 196 valence electrons. The Hall–Kier alpha value is -3.37. The van der Waals surface area contributed by atoms with E-state index in [-0.39, 0.29) is 23.7 Å². The number of nitrogens with one attached hydrogen (secondary N) is 5. The highest BCUT2D eigenvalue weighted by molar-refractivity contribution is 5.94. The molecule has 0 aliphatic carbocycles. The average molecular weight is 494 g/mol. The molecule has 0 radical (unpaired) electrons. The van der Waals surface area contributed by atoms with Crippen LogP contribution in [0.1, 0.15) is 48.0 Å². The topological polar surface area (TPSA) is 166 Å². The largest absolute Gasteiger partial charge is 0.480 e. The van der Waals surface area contributed by atoms with Crippen molar-refractivity contribution >= 4 is 29.7 Å². The Bertz CT molecular complexity index is 836. The van der Waals surface area contributed by atoms with Crippen LogP contribution in [0.2, 0.25) is 0 Å². The summed E-state index contributed by atoms with van der Waals surface area (Å²) in [6.45, 7) is 10.9. The van der Waals surface area contributed by atoms with Gasteiger partial charge in [0.05, 0.1) is 0 Å². The number of hydrogen-bond acceptors (Lipinski definition) is 5. The van der Waals surface area contributed by atoms with Gasteiger partial charge < -0.3 is 31.7 Å². The molecule has 1 unspecified atom stereocenters. The van der Waals surface area contributed by atoms with Crippen molar-refractivity contribution in [3.8, 4) is 0 Å². The standard InChI is InChI=1S/C24H39N5O6/c1-13(2)16-10-11-18(30)25-12-8-7-9-17(21(31)26-16)27-22(32)19(14(3)4)28-24(35)29-20(15(5)6)23(33)34/h7,9-11,13-17,19-20H,8,12H2,1-6H3,(H,25,30)(H,26,31)(H,27,32)(H,33,34)(H2,28,29,35)/b9-7-,11-10+/t16-,17?,19+,20-/m1/s1. The summed E-state index contributed by atoms with van der Waals surface area (Å²) in [7, 11) is 0. The van der Waals surface area contributed by atoms with Crippen LogP contribution < -0.4 is 26.6 Å². The first kappa shape index (κ1) is 29.7. The van der Waals surface area contributed by atoms with Gasteiger partial charge in [-0.1, -0.05) is 59.8 Å². The van der Waals surface area contributed by atoms with Gasteiger partial charge in [0.2, 0.25) is 17.7 Å². The second kappa shape index (κ2) is 14.1. The molecule has 1 aliphatic heterocycles. The van der Waals surface area contributed by atoms with E-state index in [1.54, 1.807) is 45.9 Å². The van der Waals surface area contributed by atoms with E-state index < -0.39 is 48.0 Å². The number of urea groups is 1. The summed E-state index contributed by atoms with van der Waals surface area (Å²) in [6.07, 6.45) is 6.66. The van der Waals surface area contributed by atoms with Gasteiger partial charge in [-0.05, 0) is 24.2 Å². The zero-order valence-electron chi connectivity index (χ0n) is 21.3. The monoisotopic (exact) mass is 493 g/mol. The molecular weight excluding hydrogens is 454 g/mol. The normalized spacial score (nSPS) is 22.7. The number of carbonyl (C=O) groups is 5.